The van der Waals surface area contributed by atoms with E-state index in [1.54, 1.807) is 39.8 Å². The van der Waals surface area contributed by atoms with Gasteiger partial charge in [-0.15, -0.1) is 0 Å². The fourth-order valence-electron chi connectivity index (χ4n) is 6.57. The maximum Gasteiger partial charge on any atom is 0.410 e. The third-order valence-electron chi connectivity index (χ3n) is 9.02. The van der Waals surface area contributed by atoms with Crippen LogP contribution in [0.1, 0.15) is 122 Å². The molecule has 2 N–H and O–H groups in total. The lowest BCUT2D eigenvalue weighted by Gasteiger charge is -2.40. The van der Waals surface area contributed by atoms with Crippen LogP contribution in [-0.4, -0.2) is 93.6 Å². The van der Waals surface area contributed by atoms with Gasteiger partial charge in [-0.25, -0.2) is 19.0 Å². The van der Waals surface area contributed by atoms with Gasteiger partial charge in [0.1, 0.15) is 17.1 Å². The monoisotopic (exact) mass is 875 g/mol. The first-order chi connectivity index (χ1) is 29.3. The van der Waals surface area contributed by atoms with Crippen molar-refractivity contribution in [3.8, 4) is 16.9 Å². The summed E-state index contributed by atoms with van der Waals surface area (Å²) in [6.07, 6.45) is -1.15. The number of para-hydroxylation sites is 1. The summed E-state index contributed by atoms with van der Waals surface area (Å²) in [5.41, 5.74) is 3.01. The van der Waals surface area contributed by atoms with Gasteiger partial charge in [-0.2, -0.15) is 0 Å². The lowest BCUT2D eigenvalue weighted by atomic mass is 10.0. The quantitative estimate of drug-likeness (QED) is 0.208. The third-order valence-corrected chi connectivity index (χ3v) is 9.02. The molecule has 0 spiro atoms. The summed E-state index contributed by atoms with van der Waals surface area (Å²) >= 11 is 0. The Labute approximate surface area is 378 Å². The fraction of sp³-hybridized carbons (Fsp3) is 0.569. The number of carbonyl (C=O) groups excluding carboxylic acids is 1. The maximum absolute atomic E-state index is 14.7. The average Bonchev–Trinajstić information content (AvgIpc) is 3.16. The van der Waals surface area contributed by atoms with Gasteiger partial charge < -0.3 is 29.9 Å². The third kappa shape index (κ3) is 18.0. The molecule has 350 valence electrons. The summed E-state index contributed by atoms with van der Waals surface area (Å²) < 4.78 is 21.6. The summed E-state index contributed by atoms with van der Waals surface area (Å²) in [7, 11) is 0. The van der Waals surface area contributed by atoms with E-state index >= 15 is 0 Å². The van der Waals surface area contributed by atoms with Crippen molar-refractivity contribution in [1.29, 1.82) is 0 Å². The van der Waals surface area contributed by atoms with Crippen LogP contribution in [0, 0.1) is 23.6 Å². The Morgan fingerprint density at radius 1 is 0.778 bits per heavy atom. The average molecular weight is 875 g/mol. The molecule has 4 aromatic rings. The number of hydrogen-bond donors (Lipinski definition) is 2. The second kappa shape index (κ2) is 25.4. The number of nitrogens with one attached hydrogen (secondary N) is 1. The summed E-state index contributed by atoms with van der Waals surface area (Å²) in [6, 6.07) is 19.7. The summed E-state index contributed by atoms with van der Waals surface area (Å²) in [5.74, 6) is 2.28. The smallest absolute Gasteiger partial charge is 0.410 e. The number of fused-ring (bicyclic) bond motifs is 1. The second-order valence-electron chi connectivity index (χ2n) is 19.7. The van der Waals surface area contributed by atoms with Gasteiger partial charge in [0.2, 0.25) is 0 Å². The number of rotatable bonds is 4. The molecule has 0 bridgehead atoms. The number of ether oxygens (including phenoxy) is 1. The summed E-state index contributed by atoms with van der Waals surface area (Å²) in [5, 5.41) is 13.5. The van der Waals surface area contributed by atoms with Gasteiger partial charge >= 0.3 is 12.2 Å². The van der Waals surface area contributed by atoms with E-state index in [4.69, 9.17) is 9.72 Å². The summed E-state index contributed by atoms with van der Waals surface area (Å²) in [4.78, 5) is 47.0. The van der Waals surface area contributed by atoms with Crippen molar-refractivity contribution in [2.24, 2.45) is 17.8 Å². The van der Waals surface area contributed by atoms with E-state index in [-0.39, 0.29) is 29.4 Å². The molecule has 0 radical (unpaired) electrons. The molecule has 6 rings (SSSR count). The highest BCUT2D eigenvalue weighted by Crippen LogP contribution is 2.33. The molecule has 63 heavy (non-hydrogen) atoms. The molecule has 12 heteroatoms. The van der Waals surface area contributed by atoms with Crippen LogP contribution in [0.3, 0.4) is 0 Å². The van der Waals surface area contributed by atoms with Crippen molar-refractivity contribution in [3.63, 3.8) is 0 Å². The molecular formula is C51H79FN6O5. The predicted octanol–water partition coefficient (Wildman–Crippen LogP) is 11.7. The van der Waals surface area contributed by atoms with Crippen molar-refractivity contribution in [3.05, 3.63) is 88.5 Å². The van der Waals surface area contributed by atoms with E-state index in [2.05, 4.69) is 93.3 Å². The number of carbonyl (C=O) groups is 2. The lowest BCUT2D eigenvalue weighted by molar-refractivity contribution is 0.0201. The Bertz CT molecular complexity index is 2070. The van der Waals surface area contributed by atoms with E-state index < -0.39 is 11.7 Å². The minimum absolute atomic E-state index is 0.141. The molecule has 2 fully saturated rings. The molecule has 2 aliphatic heterocycles. The number of pyridine rings is 2. The van der Waals surface area contributed by atoms with E-state index in [9.17, 15) is 23.9 Å². The highest BCUT2D eigenvalue weighted by atomic mass is 19.1. The Kier molecular flexibility index (Phi) is 21.8. The maximum atomic E-state index is 14.7. The first-order valence-electron chi connectivity index (χ1n) is 22.7. The molecule has 2 saturated heterocycles. The van der Waals surface area contributed by atoms with E-state index in [0.29, 0.717) is 48.3 Å². The van der Waals surface area contributed by atoms with Gasteiger partial charge in [-0.3, -0.25) is 9.36 Å². The zero-order valence-electron chi connectivity index (χ0n) is 41.3. The normalized spacial score (nSPS) is 16.3. The molecule has 2 aromatic heterocycles. The van der Waals surface area contributed by atoms with Crippen LogP contribution in [0.15, 0.2) is 71.5 Å². The number of benzene rings is 2. The number of piperazine rings is 2. The SMILES string of the molecule is CC(C)C.CC(C)C.CC(C)C.CC(C)c1ccccc1-n1c(=O)cc(N2CCN(C(=O)O)C[C@@H]2C)c2ccc(-c3ccccc3F)nc21.C[C@H]1CN(C(=O)OC(C)(C)C)CCN1. The van der Waals surface area contributed by atoms with Crippen LogP contribution in [0.5, 0.6) is 0 Å². The van der Waals surface area contributed by atoms with Crippen LogP contribution in [-0.2, 0) is 4.74 Å². The fourth-order valence-corrected chi connectivity index (χ4v) is 6.57. The molecule has 2 amide bonds. The van der Waals surface area contributed by atoms with Crippen molar-refractivity contribution < 1.29 is 23.8 Å². The Morgan fingerprint density at radius 3 is 1.87 bits per heavy atom. The van der Waals surface area contributed by atoms with Crippen LogP contribution in [0.4, 0.5) is 19.7 Å². The molecule has 2 aromatic carbocycles. The van der Waals surface area contributed by atoms with Gasteiger partial charge in [0.15, 0.2) is 0 Å². The van der Waals surface area contributed by atoms with Crippen LogP contribution >= 0.6 is 0 Å². The number of aromatic nitrogens is 2. The lowest BCUT2D eigenvalue weighted by Crippen LogP contribution is -2.53. The molecule has 0 unspecified atom stereocenters. The highest BCUT2D eigenvalue weighted by Gasteiger charge is 2.29. The summed E-state index contributed by atoms with van der Waals surface area (Å²) in [6.45, 7) is 36.7. The van der Waals surface area contributed by atoms with E-state index in [0.717, 1.165) is 54.0 Å². The zero-order chi connectivity index (χ0) is 47.8. The van der Waals surface area contributed by atoms with Crippen molar-refractivity contribution >= 4 is 28.9 Å². The van der Waals surface area contributed by atoms with Gasteiger partial charge in [0.25, 0.3) is 5.56 Å². The Morgan fingerprint density at radius 2 is 1.35 bits per heavy atom. The number of amides is 2. The van der Waals surface area contributed by atoms with Crippen molar-refractivity contribution in [1.82, 2.24) is 24.7 Å². The molecule has 0 aliphatic carbocycles. The van der Waals surface area contributed by atoms with Crippen LogP contribution in [0.25, 0.3) is 28.0 Å². The number of hydrogen-bond acceptors (Lipinski definition) is 7. The minimum Gasteiger partial charge on any atom is -0.465 e. The number of halogens is 1. The van der Waals surface area contributed by atoms with Crippen molar-refractivity contribution in [2.45, 2.75) is 134 Å². The second-order valence-corrected chi connectivity index (χ2v) is 19.7. The number of anilines is 1. The molecule has 0 saturated carbocycles. The van der Waals surface area contributed by atoms with Gasteiger partial charge in [-0.1, -0.05) is 106 Å². The highest BCUT2D eigenvalue weighted by molar-refractivity contribution is 5.92. The molecule has 4 heterocycles. The van der Waals surface area contributed by atoms with Crippen LogP contribution < -0.4 is 15.8 Å². The number of nitrogens with zero attached hydrogens (tertiary/aromatic N) is 5. The minimum atomic E-state index is -0.951. The predicted molar refractivity (Wildman–Crippen MR) is 260 cm³/mol. The van der Waals surface area contributed by atoms with Gasteiger partial charge in [0.05, 0.1) is 17.1 Å². The number of carboxylic acid groups (broad SMARTS) is 1. The topological polar surface area (TPSA) is 120 Å². The molecule has 2 aliphatic rings. The standard InChI is InChI=1S/C29H29FN4O3.C10H20N2O2.3C4H10/c1-18(2)20-8-5-7-11-25(20)34-27(35)16-26(33-15-14-32(29(36)37)17-19(33)3)22-12-13-24(31-28(22)34)21-9-4-6-10-23(21)30;1-8-7-12(6-5-11-8)9(13)14-10(2,3)4;3*1-4(2)3/h4-13,16,18-19H,14-15,17H2,1-3H3,(H,36,37);8,11H,5-7H2,1-4H3;3*4H,1-3H3/t19-;8-;;;/m00.../s1. The Balaban J connectivity index is 0.000000430. The van der Waals surface area contributed by atoms with Gasteiger partial charge in [-0.05, 0) is 94.2 Å². The van der Waals surface area contributed by atoms with Gasteiger partial charge in [0, 0.05) is 68.4 Å². The molecular weight excluding hydrogens is 796 g/mol. The van der Waals surface area contributed by atoms with E-state index in [1.165, 1.54) is 11.0 Å². The van der Waals surface area contributed by atoms with Crippen molar-refractivity contribution in [2.75, 3.05) is 44.2 Å². The largest absolute Gasteiger partial charge is 0.465 e. The zero-order valence-corrected chi connectivity index (χ0v) is 41.3. The molecule has 2 atom stereocenters. The Hall–Kier alpha value is -4.97. The van der Waals surface area contributed by atoms with Crippen LogP contribution in [0.2, 0.25) is 0 Å². The molecule has 11 nitrogen and oxygen atoms in total. The first kappa shape index (κ1) is 54.2. The van der Waals surface area contributed by atoms with E-state index in [1.807, 2.05) is 58.0 Å². The first-order valence-corrected chi connectivity index (χ1v) is 22.7.